The van der Waals surface area contributed by atoms with Gasteiger partial charge in [-0.3, -0.25) is 4.90 Å². The van der Waals surface area contributed by atoms with Crippen molar-refractivity contribution >= 4 is 23.4 Å². The number of hydrogen-bond acceptors (Lipinski definition) is 5. The number of aliphatic hydroxyl groups excluding tert-OH is 1. The molecule has 2 saturated heterocycles. The molecule has 1 aromatic rings. The quantitative estimate of drug-likeness (QED) is 0.875. The van der Waals surface area contributed by atoms with Gasteiger partial charge in [0.05, 0.1) is 16.7 Å². The number of pyridine rings is 1. The molecule has 2 N–H and O–H groups in total. The molecule has 1 unspecified atom stereocenters. The number of aromatic carboxylic acids is 1. The third-order valence-electron chi connectivity index (χ3n) is 4.78. The molecule has 0 spiro atoms. The molecule has 126 valence electrons. The average molecular weight is 340 g/mol. The number of carboxylic acids is 1. The standard InChI is InChI=1S/C16H22ClN3O3/c17-14-8-11(16(22)23)9-18-15(14)19-6-3-12(4-7-19)20-5-1-2-13(21)10-20/h8-9,12-13,21H,1-7,10H2,(H,22,23). The van der Waals surface area contributed by atoms with Crippen LogP contribution in [-0.2, 0) is 0 Å². The molecule has 7 heteroatoms. The topological polar surface area (TPSA) is 76.9 Å². The lowest BCUT2D eigenvalue weighted by molar-refractivity contribution is 0.0398. The molecule has 1 atom stereocenters. The molecule has 23 heavy (non-hydrogen) atoms. The number of rotatable bonds is 3. The number of aromatic nitrogens is 1. The van der Waals surface area contributed by atoms with E-state index in [4.69, 9.17) is 16.7 Å². The van der Waals surface area contributed by atoms with Gasteiger partial charge in [0, 0.05) is 31.9 Å². The Hall–Kier alpha value is -1.37. The first-order valence-corrected chi connectivity index (χ1v) is 8.48. The highest BCUT2D eigenvalue weighted by atomic mass is 35.5. The van der Waals surface area contributed by atoms with E-state index in [1.807, 2.05) is 0 Å². The average Bonchev–Trinajstić information content (AvgIpc) is 2.55. The maximum Gasteiger partial charge on any atom is 0.337 e. The van der Waals surface area contributed by atoms with E-state index >= 15 is 0 Å². The van der Waals surface area contributed by atoms with Crippen LogP contribution >= 0.6 is 11.6 Å². The number of hydrogen-bond donors (Lipinski definition) is 2. The highest BCUT2D eigenvalue weighted by Gasteiger charge is 2.29. The zero-order chi connectivity index (χ0) is 16.4. The fourth-order valence-electron chi connectivity index (χ4n) is 3.54. The van der Waals surface area contributed by atoms with Gasteiger partial charge in [-0.25, -0.2) is 9.78 Å². The SMILES string of the molecule is O=C(O)c1cnc(N2CCC(N3CCCC(O)C3)CC2)c(Cl)c1. The lowest BCUT2D eigenvalue weighted by Crippen LogP contribution is -2.49. The molecule has 0 aromatic carbocycles. The Morgan fingerprint density at radius 3 is 2.61 bits per heavy atom. The van der Waals surface area contributed by atoms with Crippen molar-refractivity contribution < 1.29 is 15.0 Å². The first-order valence-electron chi connectivity index (χ1n) is 8.10. The number of carbonyl (C=O) groups is 1. The van der Waals surface area contributed by atoms with Crippen LogP contribution in [-0.4, -0.2) is 64.4 Å². The third-order valence-corrected chi connectivity index (χ3v) is 5.06. The Morgan fingerprint density at radius 2 is 2.00 bits per heavy atom. The Bertz CT molecular complexity index is 576. The van der Waals surface area contributed by atoms with Gasteiger partial charge in [0.25, 0.3) is 0 Å². The zero-order valence-corrected chi connectivity index (χ0v) is 13.7. The van der Waals surface area contributed by atoms with Gasteiger partial charge in [-0.15, -0.1) is 0 Å². The van der Waals surface area contributed by atoms with E-state index in [1.54, 1.807) is 0 Å². The minimum absolute atomic E-state index is 0.107. The Labute approximate surface area is 140 Å². The van der Waals surface area contributed by atoms with Gasteiger partial charge < -0.3 is 15.1 Å². The van der Waals surface area contributed by atoms with Crippen molar-refractivity contribution in [3.05, 3.63) is 22.8 Å². The monoisotopic (exact) mass is 339 g/mol. The summed E-state index contributed by atoms with van der Waals surface area (Å²) < 4.78 is 0. The van der Waals surface area contributed by atoms with Crippen LogP contribution in [0, 0.1) is 0 Å². The fourth-order valence-corrected chi connectivity index (χ4v) is 3.82. The number of nitrogens with zero attached hydrogens (tertiary/aromatic N) is 3. The first-order chi connectivity index (χ1) is 11.0. The van der Waals surface area contributed by atoms with Gasteiger partial charge in [0.2, 0.25) is 0 Å². The fraction of sp³-hybridized carbons (Fsp3) is 0.625. The largest absolute Gasteiger partial charge is 0.478 e. The first kappa shape index (κ1) is 16.5. The van der Waals surface area contributed by atoms with E-state index in [0.717, 1.165) is 51.9 Å². The molecular formula is C16H22ClN3O3. The molecule has 2 fully saturated rings. The second kappa shape index (κ2) is 7.03. The van der Waals surface area contributed by atoms with E-state index in [-0.39, 0.29) is 11.7 Å². The maximum absolute atomic E-state index is 10.9. The van der Waals surface area contributed by atoms with Crippen LogP contribution in [0.3, 0.4) is 0 Å². The number of anilines is 1. The summed E-state index contributed by atoms with van der Waals surface area (Å²) in [7, 11) is 0. The molecule has 2 aliphatic rings. The lowest BCUT2D eigenvalue weighted by atomic mass is 9.99. The maximum atomic E-state index is 10.9. The van der Waals surface area contributed by atoms with E-state index < -0.39 is 5.97 Å². The summed E-state index contributed by atoms with van der Waals surface area (Å²) in [6.45, 7) is 3.53. The van der Waals surface area contributed by atoms with Crippen molar-refractivity contribution in [2.75, 3.05) is 31.1 Å². The number of β-amino-alcohol motifs (C(OH)–C–C–N with tert-alkyl or cyclic N) is 1. The summed E-state index contributed by atoms with van der Waals surface area (Å²) in [5, 5.41) is 19.2. The van der Waals surface area contributed by atoms with Crippen LogP contribution in [0.2, 0.25) is 5.02 Å². The summed E-state index contributed by atoms with van der Waals surface area (Å²) in [6, 6.07) is 1.96. The van der Waals surface area contributed by atoms with Crippen molar-refractivity contribution in [1.29, 1.82) is 0 Å². The summed E-state index contributed by atoms with van der Waals surface area (Å²) in [6.07, 6.45) is 5.14. The predicted molar refractivity (Wildman–Crippen MR) is 88.3 cm³/mol. The number of carboxylic acid groups (broad SMARTS) is 1. The van der Waals surface area contributed by atoms with Gasteiger partial charge in [-0.2, -0.15) is 0 Å². The van der Waals surface area contributed by atoms with Crippen LogP contribution in [0.25, 0.3) is 0 Å². The smallest absolute Gasteiger partial charge is 0.337 e. The van der Waals surface area contributed by atoms with Gasteiger partial charge in [-0.1, -0.05) is 11.6 Å². The zero-order valence-electron chi connectivity index (χ0n) is 13.0. The van der Waals surface area contributed by atoms with Crippen LogP contribution < -0.4 is 4.90 Å². The van der Waals surface area contributed by atoms with Crippen molar-refractivity contribution in [3.8, 4) is 0 Å². The Kier molecular flexibility index (Phi) is 5.04. The molecule has 1 aromatic heterocycles. The Morgan fingerprint density at radius 1 is 1.26 bits per heavy atom. The summed E-state index contributed by atoms with van der Waals surface area (Å²) in [5.41, 5.74) is 0.107. The second-order valence-corrected chi connectivity index (χ2v) is 6.75. The molecule has 0 saturated carbocycles. The molecule has 6 nitrogen and oxygen atoms in total. The molecule has 3 heterocycles. The van der Waals surface area contributed by atoms with Crippen molar-refractivity contribution in [2.45, 2.75) is 37.8 Å². The molecule has 0 amide bonds. The lowest BCUT2D eigenvalue weighted by Gasteiger charge is -2.41. The molecular weight excluding hydrogens is 318 g/mol. The highest BCUT2D eigenvalue weighted by Crippen LogP contribution is 2.28. The third kappa shape index (κ3) is 3.76. The number of halogens is 1. The van der Waals surface area contributed by atoms with E-state index in [2.05, 4.69) is 14.8 Å². The molecule has 3 rings (SSSR count). The molecule has 0 bridgehead atoms. The molecule has 2 aliphatic heterocycles. The van der Waals surface area contributed by atoms with Gasteiger partial charge in [0.1, 0.15) is 5.82 Å². The van der Waals surface area contributed by atoms with Crippen molar-refractivity contribution in [1.82, 2.24) is 9.88 Å². The normalized spacial score (nSPS) is 23.9. The highest BCUT2D eigenvalue weighted by molar-refractivity contribution is 6.33. The predicted octanol–water partition coefficient (Wildman–Crippen LogP) is 1.86. The Balaban J connectivity index is 1.61. The summed E-state index contributed by atoms with van der Waals surface area (Å²) >= 11 is 6.20. The van der Waals surface area contributed by atoms with Gasteiger partial charge in [-0.05, 0) is 38.3 Å². The molecule has 0 radical (unpaired) electrons. The molecule has 0 aliphatic carbocycles. The van der Waals surface area contributed by atoms with Crippen LogP contribution in [0.15, 0.2) is 12.3 Å². The van der Waals surface area contributed by atoms with Crippen molar-refractivity contribution in [3.63, 3.8) is 0 Å². The number of piperidine rings is 2. The van der Waals surface area contributed by atoms with E-state index in [1.165, 1.54) is 12.3 Å². The number of likely N-dealkylation sites (tertiary alicyclic amines) is 1. The van der Waals surface area contributed by atoms with E-state index in [0.29, 0.717) is 16.9 Å². The van der Waals surface area contributed by atoms with E-state index in [9.17, 15) is 9.90 Å². The van der Waals surface area contributed by atoms with Crippen LogP contribution in [0.5, 0.6) is 0 Å². The van der Waals surface area contributed by atoms with Gasteiger partial charge >= 0.3 is 5.97 Å². The second-order valence-electron chi connectivity index (χ2n) is 6.34. The summed E-state index contributed by atoms with van der Waals surface area (Å²) in [4.78, 5) is 19.7. The summed E-state index contributed by atoms with van der Waals surface area (Å²) in [5.74, 6) is -0.359. The van der Waals surface area contributed by atoms with Gasteiger partial charge in [0.15, 0.2) is 0 Å². The minimum atomic E-state index is -1.02. The van der Waals surface area contributed by atoms with Crippen molar-refractivity contribution in [2.24, 2.45) is 0 Å². The minimum Gasteiger partial charge on any atom is -0.478 e. The number of aliphatic hydroxyl groups is 1. The van der Waals surface area contributed by atoms with Crippen LogP contribution in [0.4, 0.5) is 5.82 Å². The van der Waals surface area contributed by atoms with Crippen LogP contribution in [0.1, 0.15) is 36.0 Å².